The monoisotopic (exact) mass is 492 g/mol. The second-order valence-corrected chi connectivity index (χ2v) is 6.60. The van der Waals surface area contributed by atoms with E-state index in [4.69, 9.17) is 20.4 Å². The molecule has 2 atom stereocenters. The van der Waals surface area contributed by atoms with Gasteiger partial charge in [0.15, 0.2) is 0 Å². The number of carboxylic acids is 4. The standard InChI is InChI=1S/2C9H14N2O6/c2*1-5(12)10-4-7(13)11-6(9(16)17)2-3-8(14)15/h2*6H,2-4H2,1H3,(H,10,12)(H,11,13)(H,14,15)(H,16,17)/t2*6-/m11/s1. The van der Waals surface area contributed by atoms with Crippen LogP contribution in [0.2, 0.25) is 0 Å². The van der Waals surface area contributed by atoms with Crippen LogP contribution >= 0.6 is 0 Å². The summed E-state index contributed by atoms with van der Waals surface area (Å²) in [4.78, 5) is 85.2. The molecule has 0 heterocycles. The Morgan fingerprint density at radius 3 is 1.09 bits per heavy atom. The Labute approximate surface area is 193 Å². The molecule has 0 fully saturated rings. The SMILES string of the molecule is CC(=O)NCC(=O)N[C@H](CCC(=O)O)C(=O)O.CC(=O)NCC(=O)N[C@H](CCC(=O)O)C(=O)O. The largest absolute Gasteiger partial charge is 0.481 e. The molecule has 192 valence electrons. The van der Waals surface area contributed by atoms with Gasteiger partial charge in [0.2, 0.25) is 23.6 Å². The van der Waals surface area contributed by atoms with Crippen LogP contribution in [0.4, 0.5) is 0 Å². The third-order valence-electron chi connectivity index (χ3n) is 3.56. The first-order valence-electron chi connectivity index (χ1n) is 9.62. The topological polar surface area (TPSA) is 266 Å². The number of rotatable bonds is 14. The molecule has 0 radical (unpaired) electrons. The summed E-state index contributed by atoms with van der Waals surface area (Å²) in [6.07, 6.45) is -1.15. The molecular weight excluding hydrogens is 464 g/mol. The number of carbonyl (C=O) groups excluding carboxylic acids is 4. The average molecular weight is 492 g/mol. The van der Waals surface area contributed by atoms with Crippen molar-refractivity contribution in [1.82, 2.24) is 21.3 Å². The molecule has 0 spiro atoms. The molecule has 0 saturated heterocycles. The minimum absolute atomic E-state index is 0.212. The maximum Gasteiger partial charge on any atom is 0.326 e. The lowest BCUT2D eigenvalue weighted by molar-refractivity contribution is -0.144. The molecule has 0 rings (SSSR count). The molecular formula is C18H28N4O12. The van der Waals surface area contributed by atoms with E-state index in [1.54, 1.807) is 0 Å². The van der Waals surface area contributed by atoms with Crippen molar-refractivity contribution in [1.29, 1.82) is 0 Å². The maximum atomic E-state index is 11.2. The number of carboxylic acid groups (broad SMARTS) is 4. The smallest absolute Gasteiger partial charge is 0.326 e. The molecule has 0 aliphatic carbocycles. The predicted molar refractivity (Wildman–Crippen MR) is 110 cm³/mol. The second-order valence-electron chi connectivity index (χ2n) is 6.60. The van der Waals surface area contributed by atoms with Crippen molar-refractivity contribution in [2.75, 3.05) is 13.1 Å². The Bertz CT molecular complexity index is 719. The van der Waals surface area contributed by atoms with Crippen LogP contribution < -0.4 is 21.3 Å². The van der Waals surface area contributed by atoms with Gasteiger partial charge in [0.1, 0.15) is 12.1 Å². The maximum absolute atomic E-state index is 11.2. The van der Waals surface area contributed by atoms with Crippen LogP contribution in [0.25, 0.3) is 0 Å². The molecule has 0 aromatic rings. The lowest BCUT2D eigenvalue weighted by Gasteiger charge is -2.13. The molecule has 0 aromatic carbocycles. The first kappa shape index (κ1) is 31.9. The van der Waals surface area contributed by atoms with E-state index < -0.39 is 59.6 Å². The van der Waals surface area contributed by atoms with Gasteiger partial charge in [-0.2, -0.15) is 0 Å². The zero-order chi connectivity index (χ0) is 26.8. The first-order valence-corrected chi connectivity index (χ1v) is 9.62. The molecule has 0 saturated carbocycles. The van der Waals surface area contributed by atoms with Crippen LogP contribution in [0.1, 0.15) is 39.5 Å². The number of amides is 4. The van der Waals surface area contributed by atoms with Gasteiger partial charge in [-0.05, 0) is 12.8 Å². The Kier molecular flexibility index (Phi) is 16.3. The number of aliphatic carboxylic acids is 4. The molecule has 16 nitrogen and oxygen atoms in total. The highest BCUT2D eigenvalue weighted by atomic mass is 16.4. The summed E-state index contributed by atoms with van der Waals surface area (Å²) in [5.74, 6) is -7.13. The van der Waals surface area contributed by atoms with Gasteiger partial charge in [-0.15, -0.1) is 0 Å². The summed E-state index contributed by atoms with van der Waals surface area (Å²) in [5, 5.41) is 42.8. The average Bonchev–Trinajstić information content (AvgIpc) is 2.70. The molecule has 16 heteroatoms. The van der Waals surface area contributed by atoms with Gasteiger partial charge in [0.05, 0.1) is 13.1 Å². The first-order chi connectivity index (χ1) is 15.6. The summed E-state index contributed by atoms with van der Waals surface area (Å²) < 4.78 is 0. The molecule has 0 unspecified atom stereocenters. The van der Waals surface area contributed by atoms with Crippen LogP contribution in [0.5, 0.6) is 0 Å². The normalized spacial score (nSPS) is 11.4. The van der Waals surface area contributed by atoms with Gasteiger partial charge in [-0.3, -0.25) is 28.8 Å². The molecule has 0 aliphatic heterocycles. The van der Waals surface area contributed by atoms with Crippen molar-refractivity contribution in [2.24, 2.45) is 0 Å². The summed E-state index contributed by atoms with van der Waals surface area (Å²) >= 11 is 0. The third kappa shape index (κ3) is 19.7. The van der Waals surface area contributed by atoms with E-state index in [-0.39, 0.29) is 38.8 Å². The fraction of sp³-hybridized carbons (Fsp3) is 0.556. The molecule has 4 amide bonds. The number of nitrogens with one attached hydrogen (secondary N) is 4. The Morgan fingerprint density at radius 2 is 0.882 bits per heavy atom. The Balaban J connectivity index is 0. The van der Waals surface area contributed by atoms with Crippen LogP contribution in [0.15, 0.2) is 0 Å². The van der Waals surface area contributed by atoms with Gasteiger partial charge < -0.3 is 41.7 Å². The van der Waals surface area contributed by atoms with Crippen molar-refractivity contribution in [2.45, 2.75) is 51.6 Å². The van der Waals surface area contributed by atoms with E-state index in [0.29, 0.717) is 0 Å². The van der Waals surface area contributed by atoms with E-state index in [1.807, 2.05) is 0 Å². The zero-order valence-electron chi connectivity index (χ0n) is 18.5. The summed E-state index contributed by atoms with van der Waals surface area (Å²) in [5.41, 5.74) is 0. The highest BCUT2D eigenvalue weighted by Crippen LogP contribution is 1.98. The van der Waals surface area contributed by atoms with Gasteiger partial charge in [-0.1, -0.05) is 0 Å². The summed E-state index contributed by atoms with van der Waals surface area (Å²) in [7, 11) is 0. The minimum atomic E-state index is -1.32. The Morgan fingerprint density at radius 1 is 0.588 bits per heavy atom. The van der Waals surface area contributed by atoms with Gasteiger partial charge in [0, 0.05) is 26.7 Å². The highest BCUT2D eigenvalue weighted by Gasteiger charge is 2.21. The quantitative estimate of drug-likeness (QED) is 0.121. The van der Waals surface area contributed by atoms with Crippen LogP contribution in [0, 0.1) is 0 Å². The number of carbonyl (C=O) groups is 8. The number of hydrogen-bond donors (Lipinski definition) is 8. The lowest BCUT2D eigenvalue weighted by Crippen LogP contribution is -2.45. The fourth-order valence-electron chi connectivity index (χ4n) is 1.95. The predicted octanol–water partition coefficient (Wildman–Crippen LogP) is -2.89. The minimum Gasteiger partial charge on any atom is -0.481 e. The molecule has 0 bridgehead atoms. The van der Waals surface area contributed by atoms with Crippen molar-refractivity contribution < 1.29 is 58.8 Å². The van der Waals surface area contributed by atoms with E-state index in [0.717, 1.165) is 0 Å². The second kappa shape index (κ2) is 17.3. The van der Waals surface area contributed by atoms with Gasteiger partial charge in [0.25, 0.3) is 0 Å². The lowest BCUT2D eigenvalue weighted by atomic mass is 10.1. The summed E-state index contributed by atoms with van der Waals surface area (Å²) in [6.45, 7) is 1.75. The number of hydrogen-bond acceptors (Lipinski definition) is 8. The fourth-order valence-corrected chi connectivity index (χ4v) is 1.95. The van der Waals surface area contributed by atoms with E-state index in [2.05, 4.69) is 21.3 Å². The van der Waals surface area contributed by atoms with Crippen LogP contribution in [0.3, 0.4) is 0 Å². The van der Waals surface area contributed by atoms with Crippen molar-refractivity contribution >= 4 is 47.5 Å². The third-order valence-corrected chi connectivity index (χ3v) is 3.56. The van der Waals surface area contributed by atoms with E-state index in [1.165, 1.54) is 13.8 Å². The Hall–Kier alpha value is -4.24. The van der Waals surface area contributed by atoms with Gasteiger partial charge >= 0.3 is 23.9 Å². The zero-order valence-corrected chi connectivity index (χ0v) is 18.5. The highest BCUT2D eigenvalue weighted by molar-refractivity contribution is 5.88. The molecule has 0 aliphatic rings. The molecule has 0 aromatic heterocycles. The van der Waals surface area contributed by atoms with E-state index in [9.17, 15) is 38.4 Å². The van der Waals surface area contributed by atoms with Crippen LogP contribution in [-0.4, -0.2) is 93.1 Å². The van der Waals surface area contributed by atoms with Crippen molar-refractivity contribution in [3.63, 3.8) is 0 Å². The van der Waals surface area contributed by atoms with Crippen molar-refractivity contribution in [3.8, 4) is 0 Å². The van der Waals surface area contributed by atoms with Gasteiger partial charge in [-0.25, -0.2) is 9.59 Å². The molecule has 34 heavy (non-hydrogen) atoms. The van der Waals surface area contributed by atoms with Crippen LogP contribution in [-0.2, 0) is 38.4 Å². The van der Waals surface area contributed by atoms with Crippen molar-refractivity contribution in [3.05, 3.63) is 0 Å². The summed E-state index contributed by atoms with van der Waals surface area (Å²) in [6, 6.07) is -2.54. The van der Waals surface area contributed by atoms with E-state index >= 15 is 0 Å². The molecule has 8 N–H and O–H groups in total.